The van der Waals surface area contributed by atoms with Crippen molar-refractivity contribution in [2.24, 2.45) is 0 Å². The first kappa shape index (κ1) is 14.7. The predicted octanol–water partition coefficient (Wildman–Crippen LogP) is 3.05. The summed E-state index contributed by atoms with van der Waals surface area (Å²) in [5, 5.41) is 12.4. The second kappa shape index (κ2) is 6.71. The Morgan fingerprint density at radius 2 is 2.18 bits per heavy atom. The summed E-state index contributed by atoms with van der Waals surface area (Å²) >= 11 is 2.69. The lowest BCUT2D eigenvalue weighted by Gasteiger charge is -2.07. The first-order valence-corrected chi connectivity index (χ1v) is 8.33. The number of amides is 1. The number of rotatable bonds is 5. The van der Waals surface area contributed by atoms with Crippen LogP contribution in [0.5, 0.6) is 0 Å². The molecule has 0 fully saturated rings. The standard InChI is InChI=1S/C14H13N5OS2/c1-9(12(20)17-13-15-7-8-21-13)22-14-16-11(18-19-14)10-5-3-2-4-6-10/h2-9H,1H3,(H,15,17,20)(H,16,18,19)/t9-/m1/s1. The molecule has 1 aromatic carbocycles. The zero-order valence-electron chi connectivity index (χ0n) is 11.7. The van der Waals surface area contributed by atoms with E-state index in [9.17, 15) is 4.79 Å². The molecule has 6 nitrogen and oxygen atoms in total. The summed E-state index contributed by atoms with van der Waals surface area (Å²) in [7, 11) is 0. The number of thioether (sulfide) groups is 1. The molecule has 22 heavy (non-hydrogen) atoms. The van der Waals surface area contributed by atoms with E-state index >= 15 is 0 Å². The van der Waals surface area contributed by atoms with Gasteiger partial charge in [0.15, 0.2) is 11.0 Å². The highest BCUT2D eigenvalue weighted by molar-refractivity contribution is 8.00. The lowest BCUT2D eigenvalue weighted by Crippen LogP contribution is -2.22. The van der Waals surface area contributed by atoms with E-state index < -0.39 is 0 Å². The van der Waals surface area contributed by atoms with Crippen LogP contribution in [0.1, 0.15) is 6.92 Å². The highest BCUT2D eigenvalue weighted by Gasteiger charge is 2.18. The van der Waals surface area contributed by atoms with Gasteiger partial charge in [0.1, 0.15) is 0 Å². The maximum absolute atomic E-state index is 12.1. The minimum Gasteiger partial charge on any atom is -0.301 e. The van der Waals surface area contributed by atoms with E-state index in [0.717, 1.165) is 5.56 Å². The summed E-state index contributed by atoms with van der Waals surface area (Å²) in [5.74, 6) is 0.571. The molecule has 112 valence electrons. The van der Waals surface area contributed by atoms with Crippen molar-refractivity contribution in [3.8, 4) is 11.4 Å². The third kappa shape index (κ3) is 3.52. The van der Waals surface area contributed by atoms with Crippen LogP contribution in [0.25, 0.3) is 11.4 Å². The Hall–Kier alpha value is -2.19. The van der Waals surface area contributed by atoms with Crippen molar-refractivity contribution < 1.29 is 4.79 Å². The van der Waals surface area contributed by atoms with Gasteiger partial charge in [-0.05, 0) is 6.92 Å². The number of nitrogens with one attached hydrogen (secondary N) is 2. The van der Waals surface area contributed by atoms with Gasteiger partial charge in [0.2, 0.25) is 11.1 Å². The van der Waals surface area contributed by atoms with Gasteiger partial charge in [0.25, 0.3) is 0 Å². The van der Waals surface area contributed by atoms with Gasteiger partial charge in [-0.1, -0.05) is 42.1 Å². The van der Waals surface area contributed by atoms with E-state index in [-0.39, 0.29) is 11.2 Å². The summed E-state index contributed by atoms with van der Waals surface area (Å²) in [6, 6.07) is 9.73. The molecule has 2 heterocycles. The van der Waals surface area contributed by atoms with Crippen molar-refractivity contribution in [1.29, 1.82) is 0 Å². The molecule has 0 bridgehead atoms. The van der Waals surface area contributed by atoms with E-state index in [1.54, 1.807) is 6.20 Å². The van der Waals surface area contributed by atoms with Crippen LogP contribution in [0, 0.1) is 0 Å². The van der Waals surface area contributed by atoms with Gasteiger partial charge in [-0.25, -0.2) is 9.97 Å². The lowest BCUT2D eigenvalue weighted by molar-refractivity contribution is -0.115. The molecule has 8 heteroatoms. The molecule has 1 amide bonds. The van der Waals surface area contributed by atoms with Gasteiger partial charge in [0, 0.05) is 17.1 Å². The van der Waals surface area contributed by atoms with Crippen molar-refractivity contribution in [1.82, 2.24) is 20.2 Å². The monoisotopic (exact) mass is 331 g/mol. The molecule has 2 N–H and O–H groups in total. The van der Waals surface area contributed by atoms with Crippen LogP contribution in [0.15, 0.2) is 47.1 Å². The molecule has 0 saturated heterocycles. The summed E-state index contributed by atoms with van der Waals surface area (Å²) in [6.07, 6.45) is 1.65. The summed E-state index contributed by atoms with van der Waals surface area (Å²) < 4.78 is 0. The molecule has 0 radical (unpaired) electrons. The van der Waals surface area contributed by atoms with Crippen molar-refractivity contribution in [2.75, 3.05) is 5.32 Å². The Morgan fingerprint density at radius 1 is 1.36 bits per heavy atom. The Morgan fingerprint density at radius 3 is 2.91 bits per heavy atom. The fraction of sp³-hybridized carbons (Fsp3) is 0.143. The maximum atomic E-state index is 12.1. The number of aromatic amines is 1. The zero-order valence-corrected chi connectivity index (χ0v) is 13.3. The normalized spacial score (nSPS) is 12.0. The quantitative estimate of drug-likeness (QED) is 0.702. The van der Waals surface area contributed by atoms with Crippen molar-refractivity contribution >= 4 is 34.1 Å². The number of nitrogens with zero attached hydrogens (tertiary/aromatic N) is 3. The Kier molecular flexibility index (Phi) is 4.50. The van der Waals surface area contributed by atoms with Crippen LogP contribution in [-0.4, -0.2) is 31.3 Å². The van der Waals surface area contributed by atoms with Gasteiger partial charge >= 0.3 is 0 Å². The fourth-order valence-electron chi connectivity index (χ4n) is 1.73. The lowest BCUT2D eigenvalue weighted by atomic mass is 10.2. The third-order valence-corrected chi connectivity index (χ3v) is 4.48. The van der Waals surface area contributed by atoms with Gasteiger partial charge in [-0.3, -0.25) is 9.89 Å². The van der Waals surface area contributed by atoms with Gasteiger partial charge in [-0.2, -0.15) is 0 Å². The van der Waals surface area contributed by atoms with E-state index in [1.165, 1.54) is 23.1 Å². The molecular formula is C14H13N5OS2. The van der Waals surface area contributed by atoms with Crippen LogP contribution in [-0.2, 0) is 4.79 Å². The zero-order chi connectivity index (χ0) is 15.4. The number of aromatic nitrogens is 4. The van der Waals surface area contributed by atoms with E-state index in [0.29, 0.717) is 16.1 Å². The molecular weight excluding hydrogens is 318 g/mol. The highest BCUT2D eigenvalue weighted by Crippen LogP contribution is 2.23. The summed E-state index contributed by atoms with van der Waals surface area (Å²) in [6.45, 7) is 1.81. The Bertz CT molecular complexity index is 742. The SMILES string of the molecule is C[C@@H](Sc1n[nH]c(-c2ccccc2)n1)C(=O)Nc1nccs1. The molecule has 0 unspecified atom stereocenters. The number of carbonyl (C=O) groups is 1. The average Bonchev–Trinajstić information content (AvgIpc) is 3.20. The largest absolute Gasteiger partial charge is 0.301 e. The van der Waals surface area contributed by atoms with Crippen molar-refractivity contribution in [3.63, 3.8) is 0 Å². The second-order valence-corrected chi connectivity index (χ2v) is 6.62. The second-order valence-electron chi connectivity index (χ2n) is 4.42. The van der Waals surface area contributed by atoms with Crippen LogP contribution in [0.2, 0.25) is 0 Å². The van der Waals surface area contributed by atoms with E-state index in [4.69, 9.17) is 0 Å². The molecule has 0 aliphatic carbocycles. The minimum absolute atomic E-state index is 0.119. The Balaban J connectivity index is 1.63. The molecule has 0 aliphatic heterocycles. The predicted molar refractivity (Wildman–Crippen MR) is 87.9 cm³/mol. The number of hydrogen-bond acceptors (Lipinski definition) is 6. The average molecular weight is 331 g/mol. The minimum atomic E-state index is -0.316. The molecule has 3 aromatic rings. The van der Waals surface area contributed by atoms with Crippen LogP contribution < -0.4 is 5.32 Å². The van der Waals surface area contributed by atoms with Crippen LogP contribution in [0.3, 0.4) is 0 Å². The molecule has 0 aliphatic rings. The molecule has 2 aromatic heterocycles. The molecule has 1 atom stereocenters. The van der Waals surface area contributed by atoms with Gasteiger partial charge < -0.3 is 5.32 Å². The number of thiazole rings is 1. The smallest absolute Gasteiger partial charge is 0.239 e. The van der Waals surface area contributed by atoms with Crippen molar-refractivity contribution in [2.45, 2.75) is 17.3 Å². The van der Waals surface area contributed by atoms with E-state index in [2.05, 4.69) is 25.5 Å². The van der Waals surface area contributed by atoms with Crippen molar-refractivity contribution in [3.05, 3.63) is 41.9 Å². The topological polar surface area (TPSA) is 83.6 Å². The molecule has 0 saturated carbocycles. The number of hydrogen-bond donors (Lipinski definition) is 2. The summed E-state index contributed by atoms with van der Waals surface area (Å²) in [5.41, 5.74) is 0.960. The summed E-state index contributed by atoms with van der Waals surface area (Å²) in [4.78, 5) is 20.5. The number of H-pyrrole nitrogens is 1. The number of anilines is 1. The van der Waals surface area contributed by atoms with E-state index in [1.807, 2.05) is 42.6 Å². The van der Waals surface area contributed by atoms with Crippen LogP contribution in [0.4, 0.5) is 5.13 Å². The number of benzene rings is 1. The molecule has 3 rings (SSSR count). The molecule has 0 spiro atoms. The number of carbonyl (C=O) groups excluding carboxylic acids is 1. The van der Waals surface area contributed by atoms with Gasteiger partial charge in [0.05, 0.1) is 5.25 Å². The first-order chi connectivity index (χ1) is 10.7. The highest BCUT2D eigenvalue weighted by atomic mass is 32.2. The third-order valence-electron chi connectivity index (χ3n) is 2.83. The van der Waals surface area contributed by atoms with Crippen LogP contribution >= 0.6 is 23.1 Å². The maximum Gasteiger partial charge on any atom is 0.239 e. The first-order valence-electron chi connectivity index (χ1n) is 6.57. The Labute approximate surface area is 135 Å². The van der Waals surface area contributed by atoms with Gasteiger partial charge in [-0.15, -0.1) is 16.4 Å². The fourth-order valence-corrected chi connectivity index (χ4v) is 2.98.